The van der Waals surface area contributed by atoms with Crippen molar-refractivity contribution in [1.29, 1.82) is 0 Å². The average molecular weight is 314 g/mol. The number of nitrogens with one attached hydrogen (secondary N) is 1. The van der Waals surface area contributed by atoms with Gasteiger partial charge in [-0.15, -0.1) is 0 Å². The summed E-state index contributed by atoms with van der Waals surface area (Å²) < 4.78 is 0. The van der Waals surface area contributed by atoms with Gasteiger partial charge in [0.25, 0.3) is 5.69 Å². The van der Waals surface area contributed by atoms with E-state index in [0.29, 0.717) is 18.2 Å². The number of aryl methyl sites for hydroxylation is 2. The van der Waals surface area contributed by atoms with Crippen molar-refractivity contribution >= 4 is 5.69 Å². The fraction of sp³-hybridized carbons (Fsp3) is 0.333. The van der Waals surface area contributed by atoms with Crippen LogP contribution in [0.4, 0.5) is 5.69 Å². The smallest absolute Gasteiger partial charge is 0.272 e. The minimum atomic E-state index is -0.340. The second-order valence-electron chi connectivity index (χ2n) is 5.87. The summed E-state index contributed by atoms with van der Waals surface area (Å²) in [7, 11) is 0. The second-order valence-corrected chi connectivity index (χ2v) is 5.87. The predicted octanol–water partition coefficient (Wildman–Crippen LogP) is 3.72. The number of rotatable bonds is 7. The van der Waals surface area contributed by atoms with Crippen LogP contribution in [0.3, 0.4) is 0 Å². The summed E-state index contributed by atoms with van der Waals surface area (Å²) >= 11 is 0. The molecule has 2 N–H and O–H groups in total. The first-order valence-electron chi connectivity index (χ1n) is 7.71. The largest absolute Gasteiger partial charge is 0.508 e. The maximum absolute atomic E-state index is 11.0. The molecule has 0 fully saturated rings. The van der Waals surface area contributed by atoms with E-state index in [1.807, 2.05) is 18.2 Å². The Morgan fingerprint density at radius 3 is 2.48 bits per heavy atom. The Labute approximate surface area is 136 Å². The Hall–Kier alpha value is -2.40. The van der Waals surface area contributed by atoms with Crippen LogP contribution in [-0.2, 0) is 13.0 Å². The normalized spacial score (nSPS) is 12.1. The molecule has 2 aromatic rings. The third-order valence-corrected chi connectivity index (χ3v) is 3.93. The van der Waals surface area contributed by atoms with Crippen LogP contribution < -0.4 is 5.32 Å². The molecule has 0 radical (unpaired) electrons. The molecule has 0 heterocycles. The molecular weight excluding hydrogens is 292 g/mol. The van der Waals surface area contributed by atoms with Crippen molar-refractivity contribution in [3.05, 3.63) is 69.3 Å². The number of phenolic OH excluding ortho intramolecular Hbond substituents is 1. The van der Waals surface area contributed by atoms with E-state index in [-0.39, 0.29) is 16.4 Å². The van der Waals surface area contributed by atoms with Crippen LogP contribution in [-0.4, -0.2) is 16.1 Å². The zero-order valence-corrected chi connectivity index (χ0v) is 13.5. The van der Waals surface area contributed by atoms with Crippen LogP contribution in [0.5, 0.6) is 5.75 Å². The monoisotopic (exact) mass is 314 g/mol. The molecule has 2 aromatic carbocycles. The second kappa shape index (κ2) is 7.74. The highest BCUT2D eigenvalue weighted by atomic mass is 16.6. The van der Waals surface area contributed by atoms with Gasteiger partial charge < -0.3 is 10.4 Å². The molecule has 0 bridgehead atoms. The molecule has 0 aromatic heterocycles. The number of aromatic hydroxyl groups is 1. The lowest BCUT2D eigenvalue weighted by molar-refractivity contribution is -0.385. The van der Waals surface area contributed by atoms with Crippen molar-refractivity contribution in [3.63, 3.8) is 0 Å². The lowest BCUT2D eigenvalue weighted by Crippen LogP contribution is -2.26. The first kappa shape index (κ1) is 17.0. The van der Waals surface area contributed by atoms with Crippen molar-refractivity contribution in [2.24, 2.45) is 0 Å². The van der Waals surface area contributed by atoms with Gasteiger partial charge in [-0.2, -0.15) is 0 Å². The highest BCUT2D eigenvalue weighted by Crippen LogP contribution is 2.19. The molecule has 1 atom stereocenters. The topological polar surface area (TPSA) is 75.4 Å². The van der Waals surface area contributed by atoms with E-state index in [1.165, 1.54) is 5.56 Å². The Morgan fingerprint density at radius 2 is 1.83 bits per heavy atom. The van der Waals surface area contributed by atoms with Gasteiger partial charge in [0.1, 0.15) is 5.75 Å². The standard InChI is InChI=1S/C18H22N2O3/c1-13-3-5-16(11-18(13)20(22)23)12-19-14(2)4-6-15-7-9-17(21)10-8-15/h3,5,7-11,14,19,21H,4,6,12H2,1-2H3. The summed E-state index contributed by atoms with van der Waals surface area (Å²) in [6, 6.07) is 12.9. The van der Waals surface area contributed by atoms with Gasteiger partial charge in [-0.25, -0.2) is 0 Å². The molecule has 23 heavy (non-hydrogen) atoms. The van der Waals surface area contributed by atoms with Crippen LogP contribution in [0, 0.1) is 17.0 Å². The molecule has 5 heteroatoms. The Balaban J connectivity index is 1.84. The molecule has 122 valence electrons. The minimum absolute atomic E-state index is 0.168. The molecule has 0 amide bonds. The molecule has 0 saturated carbocycles. The Kier molecular flexibility index (Phi) is 5.71. The van der Waals surface area contributed by atoms with E-state index in [4.69, 9.17) is 0 Å². The van der Waals surface area contributed by atoms with E-state index >= 15 is 0 Å². The van der Waals surface area contributed by atoms with Gasteiger partial charge in [-0.05, 0) is 49.9 Å². The number of benzene rings is 2. The van der Waals surface area contributed by atoms with Crippen LogP contribution in [0.15, 0.2) is 42.5 Å². The van der Waals surface area contributed by atoms with E-state index in [2.05, 4.69) is 12.2 Å². The maximum Gasteiger partial charge on any atom is 0.272 e. The number of hydrogen-bond acceptors (Lipinski definition) is 4. The Bertz CT molecular complexity index is 668. The number of hydrogen-bond donors (Lipinski definition) is 2. The van der Waals surface area contributed by atoms with Crippen LogP contribution in [0.25, 0.3) is 0 Å². The van der Waals surface area contributed by atoms with Crippen molar-refractivity contribution in [3.8, 4) is 5.75 Å². The summed E-state index contributed by atoms with van der Waals surface area (Å²) in [6.45, 7) is 4.45. The van der Waals surface area contributed by atoms with Gasteiger partial charge in [0.15, 0.2) is 0 Å². The Morgan fingerprint density at radius 1 is 1.17 bits per heavy atom. The molecule has 5 nitrogen and oxygen atoms in total. The number of nitro benzene ring substituents is 1. The quantitative estimate of drug-likeness (QED) is 0.603. The number of nitro groups is 1. The van der Waals surface area contributed by atoms with Crippen LogP contribution in [0.2, 0.25) is 0 Å². The molecule has 0 spiro atoms. The van der Waals surface area contributed by atoms with Gasteiger partial charge >= 0.3 is 0 Å². The lowest BCUT2D eigenvalue weighted by atomic mass is 10.1. The molecular formula is C18H22N2O3. The van der Waals surface area contributed by atoms with E-state index in [9.17, 15) is 15.2 Å². The third-order valence-electron chi connectivity index (χ3n) is 3.93. The molecule has 0 saturated heterocycles. The molecule has 0 aliphatic heterocycles. The van der Waals surface area contributed by atoms with Crippen LogP contribution >= 0.6 is 0 Å². The van der Waals surface area contributed by atoms with Gasteiger partial charge in [-0.1, -0.05) is 24.3 Å². The highest BCUT2D eigenvalue weighted by molar-refractivity contribution is 5.42. The third kappa shape index (κ3) is 5.07. The van der Waals surface area contributed by atoms with Crippen molar-refractivity contribution in [2.75, 3.05) is 0 Å². The van der Waals surface area contributed by atoms with E-state index in [0.717, 1.165) is 18.4 Å². The molecule has 0 aliphatic rings. The SMILES string of the molecule is Cc1ccc(CNC(C)CCc2ccc(O)cc2)cc1[N+](=O)[O-]. The molecule has 0 aliphatic carbocycles. The van der Waals surface area contributed by atoms with E-state index < -0.39 is 0 Å². The summed E-state index contributed by atoms with van der Waals surface area (Å²) in [5.74, 6) is 0.279. The van der Waals surface area contributed by atoms with Crippen LogP contribution in [0.1, 0.15) is 30.0 Å². The summed E-state index contributed by atoms with van der Waals surface area (Å²) in [6.07, 6.45) is 1.88. The lowest BCUT2D eigenvalue weighted by Gasteiger charge is -2.14. The number of phenols is 1. The fourth-order valence-electron chi connectivity index (χ4n) is 2.40. The van der Waals surface area contributed by atoms with Crippen molar-refractivity contribution in [1.82, 2.24) is 5.32 Å². The zero-order valence-electron chi connectivity index (χ0n) is 13.5. The van der Waals surface area contributed by atoms with Gasteiger partial charge in [0.2, 0.25) is 0 Å². The summed E-state index contributed by atoms with van der Waals surface area (Å²) in [4.78, 5) is 10.6. The summed E-state index contributed by atoms with van der Waals surface area (Å²) in [5.41, 5.74) is 2.95. The minimum Gasteiger partial charge on any atom is -0.508 e. The summed E-state index contributed by atoms with van der Waals surface area (Å²) in [5, 5.41) is 23.6. The maximum atomic E-state index is 11.0. The first-order chi connectivity index (χ1) is 11.0. The van der Waals surface area contributed by atoms with Gasteiger partial charge in [0.05, 0.1) is 4.92 Å². The zero-order chi connectivity index (χ0) is 16.8. The predicted molar refractivity (Wildman–Crippen MR) is 90.6 cm³/mol. The average Bonchev–Trinajstić information content (AvgIpc) is 2.53. The van der Waals surface area contributed by atoms with Gasteiger partial charge in [-0.3, -0.25) is 10.1 Å². The van der Waals surface area contributed by atoms with Crippen molar-refractivity contribution < 1.29 is 10.0 Å². The van der Waals surface area contributed by atoms with E-state index in [1.54, 1.807) is 31.2 Å². The highest BCUT2D eigenvalue weighted by Gasteiger charge is 2.11. The first-order valence-corrected chi connectivity index (χ1v) is 7.71. The van der Waals surface area contributed by atoms with Crippen molar-refractivity contribution in [2.45, 2.75) is 39.3 Å². The molecule has 1 unspecified atom stereocenters. The molecule has 2 rings (SSSR count). The van der Waals surface area contributed by atoms with Gasteiger partial charge in [0, 0.05) is 24.2 Å². The fourth-order valence-corrected chi connectivity index (χ4v) is 2.40. The number of nitrogens with zero attached hydrogens (tertiary/aromatic N) is 1.